The van der Waals surface area contributed by atoms with E-state index >= 15 is 0 Å². The Kier molecular flexibility index (Phi) is 4.94. The molecule has 0 saturated heterocycles. The normalized spacial score (nSPS) is 20.8. The van der Waals surface area contributed by atoms with Crippen molar-refractivity contribution in [2.45, 2.75) is 45.6 Å². The molecule has 2 aromatic rings. The summed E-state index contributed by atoms with van der Waals surface area (Å²) in [5.41, 5.74) is 8.37. The zero-order chi connectivity index (χ0) is 17.1. The Morgan fingerprint density at radius 3 is 2.75 bits per heavy atom. The second kappa shape index (κ2) is 7.13. The van der Waals surface area contributed by atoms with Gasteiger partial charge in [-0.05, 0) is 57.4 Å². The van der Waals surface area contributed by atoms with Crippen LogP contribution in [0.2, 0.25) is 0 Å². The highest BCUT2D eigenvalue weighted by atomic mass is 16.1. The molecule has 0 radical (unpaired) electrons. The van der Waals surface area contributed by atoms with Crippen molar-refractivity contribution in [1.29, 1.82) is 0 Å². The molecule has 2 aromatic heterocycles. The molecule has 24 heavy (non-hydrogen) atoms. The Morgan fingerprint density at radius 1 is 1.33 bits per heavy atom. The summed E-state index contributed by atoms with van der Waals surface area (Å²) in [7, 11) is 0. The zero-order valence-electron chi connectivity index (χ0n) is 14.3. The standard InChI is InChI=1S/C18H25N5O/c1-12-9-13(2)23(22-12)17-8-7-15(11-20-17)18(24)21-16-6-4-3-5-14(16)10-19/h7-9,11,14,16H,3-6,10,19H2,1-2H3,(H,21,24). The third-order valence-electron chi connectivity index (χ3n) is 4.76. The highest BCUT2D eigenvalue weighted by Gasteiger charge is 2.25. The molecule has 2 heterocycles. The minimum absolute atomic E-state index is 0.0761. The van der Waals surface area contributed by atoms with Crippen LogP contribution in [0.4, 0.5) is 0 Å². The van der Waals surface area contributed by atoms with E-state index in [4.69, 9.17) is 5.73 Å². The number of amides is 1. The average molecular weight is 327 g/mol. The third kappa shape index (κ3) is 3.48. The van der Waals surface area contributed by atoms with Crippen molar-refractivity contribution in [1.82, 2.24) is 20.1 Å². The Hall–Kier alpha value is -2.21. The first kappa shape index (κ1) is 16.6. The zero-order valence-corrected chi connectivity index (χ0v) is 14.3. The largest absolute Gasteiger partial charge is 0.349 e. The van der Waals surface area contributed by atoms with Gasteiger partial charge in [0.2, 0.25) is 0 Å². The van der Waals surface area contributed by atoms with Crippen molar-refractivity contribution in [2.24, 2.45) is 11.7 Å². The van der Waals surface area contributed by atoms with Crippen LogP contribution in [0.15, 0.2) is 24.4 Å². The molecule has 2 unspecified atom stereocenters. The molecule has 1 amide bonds. The number of carbonyl (C=O) groups is 1. The maximum absolute atomic E-state index is 12.5. The smallest absolute Gasteiger partial charge is 0.253 e. The number of aryl methyl sites for hydroxylation is 2. The summed E-state index contributed by atoms with van der Waals surface area (Å²) >= 11 is 0. The third-order valence-corrected chi connectivity index (χ3v) is 4.76. The van der Waals surface area contributed by atoms with Gasteiger partial charge in [-0.25, -0.2) is 9.67 Å². The maximum atomic E-state index is 12.5. The second-order valence-electron chi connectivity index (χ2n) is 6.60. The van der Waals surface area contributed by atoms with Gasteiger partial charge in [0.25, 0.3) is 5.91 Å². The summed E-state index contributed by atoms with van der Waals surface area (Å²) in [6.45, 7) is 4.56. The van der Waals surface area contributed by atoms with Gasteiger partial charge < -0.3 is 11.1 Å². The lowest BCUT2D eigenvalue weighted by Crippen LogP contribution is -2.44. The van der Waals surface area contributed by atoms with Crippen LogP contribution >= 0.6 is 0 Å². The van der Waals surface area contributed by atoms with E-state index in [1.165, 1.54) is 6.42 Å². The summed E-state index contributed by atoms with van der Waals surface area (Å²) in [5.74, 6) is 1.02. The molecular formula is C18H25N5O. The van der Waals surface area contributed by atoms with Crippen LogP contribution in [0.3, 0.4) is 0 Å². The molecule has 128 valence electrons. The molecule has 1 aliphatic rings. The molecule has 3 rings (SSSR count). The number of hydrogen-bond donors (Lipinski definition) is 2. The van der Waals surface area contributed by atoms with Crippen LogP contribution in [0.1, 0.15) is 47.4 Å². The summed E-state index contributed by atoms with van der Waals surface area (Å²) in [4.78, 5) is 16.9. The number of carbonyl (C=O) groups excluding carboxylic acids is 1. The van der Waals surface area contributed by atoms with E-state index in [2.05, 4.69) is 15.4 Å². The van der Waals surface area contributed by atoms with Gasteiger partial charge in [0.15, 0.2) is 5.82 Å². The monoisotopic (exact) mass is 327 g/mol. The number of nitrogens with zero attached hydrogens (tertiary/aromatic N) is 3. The Balaban J connectivity index is 1.71. The molecule has 0 spiro atoms. The van der Waals surface area contributed by atoms with E-state index in [9.17, 15) is 4.79 Å². The molecule has 1 saturated carbocycles. The predicted molar refractivity (Wildman–Crippen MR) is 93.1 cm³/mol. The molecule has 1 fully saturated rings. The molecule has 6 nitrogen and oxygen atoms in total. The molecule has 1 aliphatic carbocycles. The van der Waals surface area contributed by atoms with Gasteiger partial charge in [0.1, 0.15) is 0 Å². The molecule has 2 atom stereocenters. The number of rotatable bonds is 4. The van der Waals surface area contributed by atoms with E-state index in [0.29, 0.717) is 18.0 Å². The van der Waals surface area contributed by atoms with Crippen LogP contribution in [-0.4, -0.2) is 33.3 Å². The summed E-state index contributed by atoms with van der Waals surface area (Å²) in [6, 6.07) is 5.80. The highest BCUT2D eigenvalue weighted by molar-refractivity contribution is 5.94. The first-order valence-electron chi connectivity index (χ1n) is 8.59. The average Bonchev–Trinajstić information content (AvgIpc) is 2.94. The van der Waals surface area contributed by atoms with Crippen LogP contribution in [0.25, 0.3) is 5.82 Å². The van der Waals surface area contributed by atoms with Gasteiger partial charge in [-0.15, -0.1) is 0 Å². The van der Waals surface area contributed by atoms with Crippen LogP contribution in [0, 0.1) is 19.8 Å². The fourth-order valence-electron chi connectivity index (χ4n) is 3.44. The molecular weight excluding hydrogens is 302 g/mol. The van der Waals surface area contributed by atoms with E-state index in [0.717, 1.165) is 36.5 Å². The van der Waals surface area contributed by atoms with E-state index < -0.39 is 0 Å². The second-order valence-corrected chi connectivity index (χ2v) is 6.60. The van der Waals surface area contributed by atoms with Crippen molar-refractivity contribution in [3.63, 3.8) is 0 Å². The summed E-state index contributed by atoms with van der Waals surface area (Å²) < 4.78 is 1.78. The number of hydrogen-bond acceptors (Lipinski definition) is 4. The van der Waals surface area contributed by atoms with Crippen LogP contribution in [0.5, 0.6) is 0 Å². The van der Waals surface area contributed by atoms with E-state index in [1.54, 1.807) is 16.9 Å². The minimum Gasteiger partial charge on any atom is -0.349 e. The topological polar surface area (TPSA) is 85.8 Å². The molecule has 3 N–H and O–H groups in total. The molecule has 0 aliphatic heterocycles. The number of nitrogens with one attached hydrogen (secondary N) is 1. The number of pyridine rings is 1. The lowest BCUT2D eigenvalue weighted by Gasteiger charge is -2.31. The van der Waals surface area contributed by atoms with E-state index in [-0.39, 0.29) is 11.9 Å². The van der Waals surface area contributed by atoms with Gasteiger partial charge in [0, 0.05) is 17.9 Å². The number of aromatic nitrogens is 3. The molecule has 6 heteroatoms. The van der Waals surface area contributed by atoms with Crippen molar-refractivity contribution in [3.05, 3.63) is 41.3 Å². The lowest BCUT2D eigenvalue weighted by molar-refractivity contribution is 0.0907. The van der Waals surface area contributed by atoms with Gasteiger partial charge in [0.05, 0.1) is 11.3 Å². The van der Waals surface area contributed by atoms with E-state index in [1.807, 2.05) is 26.0 Å². The SMILES string of the molecule is Cc1cc(C)n(-c2ccc(C(=O)NC3CCCCC3CN)cn2)n1. The van der Waals surface area contributed by atoms with Gasteiger partial charge in [-0.3, -0.25) is 4.79 Å². The summed E-state index contributed by atoms with van der Waals surface area (Å²) in [5, 5.41) is 7.54. The molecule has 0 aromatic carbocycles. The van der Waals surface area contributed by atoms with Gasteiger partial charge in [-0.2, -0.15) is 5.10 Å². The van der Waals surface area contributed by atoms with Crippen molar-refractivity contribution in [3.8, 4) is 5.82 Å². The lowest BCUT2D eigenvalue weighted by atomic mass is 9.84. The fourth-order valence-corrected chi connectivity index (χ4v) is 3.44. The fraction of sp³-hybridized carbons (Fsp3) is 0.500. The summed E-state index contributed by atoms with van der Waals surface area (Å²) in [6.07, 6.45) is 6.06. The predicted octanol–water partition coefficient (Wildman–Crippen LogP) is 2.13. The van der Waals surface area contributed by atoms with Gasteiger partial charge >= 0.3 is 0 Å². The molecule has 0 bridgehead atoms. The van der Waals surface area contributed by atoms with Crippen molar-refractivity contribution >= 4 is 5.91 Å². The van der Waals surface area contributed by atoms with Gasteiger partial charge in [-0.1, -0.05) is 12.8 Å². The maximum Gasteiger partial charge on any atom is 0.253 e. The number of nitrogens with two attached hydrogens (primary N) is 1. The van der Waals surface area contributed by atoms with Crippen LogP contribution in [-0.2, 0) is 0 Å². The van der Waals surface area contributed by atoms with Crippen molar-refractivity contribution in [2.75, 3.05) is 6.54 Å². The first-order valence-corrected chi connectivity index (χ1v) is 8.59. The van der Waals surface area contributed by atoms with Crippen LogP contribution < -0.4 is 11.1 Å². The van der Waals surface area contributed by atoms with Crippen molar-refractivity contribution < 1.29 is 4.79 Å². The first-order chi connectivity index (χ1) is 11.6. The Morgan fingerprint density at radius 2 is 2.12 bits per heavy atom. The quantitative estimate of drug-likeness (QED) is 0.901. The Bertz CT molecular complexity index is 707. The Labute approximate surface area is 142 Å². The highest BCUT2D eigenvalue weighted by Crippen LogP contribution is 2.23. The minimum atomic E-state index is -0.0761.